The SMILES string of the molecule is C=C(C/C=C/CCC(C)C)NC1CC(C)(C)N(O)C(C)(C)C1.CC. The molecule has 1 fully saturated rings. The highest BCUT2D eigenvalue weighted by molar-refractivity contribution is 5.06. The molecule has 0 spiro atoms. The second-order valence-corrected chi connectivity index (χ2v) is 8.44. The minimum absolute atomic E-state index is 0.215. The summed E-state index contributed by atoms with van der Waals surface area (Å²) < 4.78 is 0. The number of allylic oxidation sites excluding steroid dienone is 2. The smallest absolute Gasteiger partial charge is 0.0429 e. The van der Waals surface area contributed by atoms with Gasteiger partial charge in [-0.15, -0.1) is 0 Å². The highest BCUT2D eigenvalue weighted by Crippen LogP contribution is 2.36. The van der Waals surface area contributed by atoms with Crippen LogP contribution in [0.1, 0.15) is 87.5 Å². The van der Waals surface area contributed by atoms with Gasteiger partial charge in [-0.25, -0.2) is 0 Å². The average Bonchev–Trinajstić information content (AvgIpc) is 2.45. The van der Waals surface area contributed by atoms with Gasteiger partial charge in [0.05, 0.1) is 0 Å². The lowest BCUT2D eigenvalue weighted by molar-refractivity contribution is -0.245. The van der Waals surface area contributed by atoms with E-state index >= 15 is 0 Å². The van der Waals surface area contributed by atoms with E-state index in [1.165, 1.54) is 11.5 Å². The van der Waals surface area contributed by atoms with Crippen LogP contribution in [0.4, 0.5) is 0 Å². The second kappa shape index (κ2) is 10.2. The van der Waals surface area contributed by atoms with Crippen molar-refractivity contribution in [3.05, 3.63) is 24.4 Å². The molecule has 3 heteroatoms. The fourth-order valence-corrected chi connectivity index (χ4v) is 3.49. The van der Waals surface area contributed by atoms with E-state index in [9.17, 15) is 5.21 Å². The highest BCUT2D eigenvalue weighted by Gasteiger charge is 2.44. The zero-order chi connectivity index (χ0) is 19.0. The summed E-state index contributed by atoms with van der Waals surface area (Å²) in [6, 6.07) is 0.366. The summed E-state index contributed by atoms with van der Waals surface area (Å²) in [6.45, 7) is 21.0. The van der Waals surface area contributed by atoms with Gasteiger partial charge in [-0.2, -0.15) is 5.06 Å². The van der Waals surface area contributed by atoms with Crippen LogP contribution in [0.15, 0.2) is 24.4 Å². The van der Waals surface area contributed by atoms with Crippen molar-refractivity contribution in [2.24, 2.45) is 5.92 Å². The first-order valence-electron chi connectivity index (χ1n) is 9.63. The van der Waals surface area contributed by atoms with E-state index in [1.807, 2.05) is 13.8 Å². The van der Waals surface area contributed by atoms with Crippen LogP contribution in [0.2, 0.25) is 0 Å². The third-order valence-corrected chi connectivity index (χ3v) is 4.49. The maximum absolute atomic E-state index is 10.3. The van der Waals surface area contributed by atoms with Crippen molar-refractivity contribution >= 4 is 0 Å². The molecule has 3 nitrogen and oxygen atoms in total. The topological polar surface area (TPSA) is 35.5 Å². The molecule has 0 aliphatic carbocycles. The van der Waals surface area contributed by atoms with E-state index in [1.54, 1.807) is 0 Å². The quantitative estimate of drug-likeness (QED) is 0.566. The monoisotopic (exact) mass is 338 g/mol. The van der Waals surface area contributed by atoms with Gasteiger partial charge in [0.25, 0.3) is 0 Å². The molecule has 1 heterocycles. The van der Waals surface area contributed by atoms with Gasteiger partial charge in [0.15, 0.2) is 0 Å². The fourth-order valence-electron chi connectivity index (χ4n) is 3.49. The summed E-state index contributed by atoms with van der Waals surface area (Å²) >= 11 is 0. The molecule has 2 N–H and O–H groups in total. The molecule has 0 atom stereocenters. The van der Waals surface area contributed by atoms with Crippen LogP contribution in [0.25, 0.3) is 0 Å². The zero-order valence-electron chi connectivity index (χ0n) is 17.4. The zero-order valence-corrected chi connectivity index (χ0v) is 17.4. The Morgan fingerprint density at radius 2 is 1.67 bits per heavy atom. The molecule has 1 saturated heterocycles. The first-order valence-corrected chi connectivity index (χ1v) is 9.63. The number of rotatable bonds is 7. The van der Waals surface area contributed by atoms with Gasteiger partial charge < -0.3 is 10.5 Å². The number of piperidine rings is 1. The average molecular weight is 339 g/mol. The van der Waals surface area contributed by atoms with Crippen molar-refractivity contribution in [3.8, 4) is 0 Å². The van der Waals surface area contributed by atoms with Gasteiger partial charge in [-0.05, 0) is 59.3 Å². The summed E-state index contributed by atoms with van der Waals surface area (Å²) in [5, 5.41) is 15.4. The van der Waals surface area contributed by atoms with Gasteiger partial charge in [0.1, 0.15) is 0 Å². The summed E-state index contributed by atoms with van der Waals surface area (Å²) in [7, 11) is 0. The molecule has 0 aromatic carbocycles. The number of hydroxylamine groups is 2. The maximum atomic E-state index is 10.3. The van der Waals surface area contributed by atoms with Gasteiger partial charge >= 0.3 is 0 Å². The lowest BCUT2D eigenvalue weighted by Gasteiger charge is -2.51. The Kier molecular flexibility index (Phi) is 9.91. The molecular formula is C21H42N2O. The predicted octanol–water partition coefficient (Wildman–Crippen LogP) is 5.91. The first-order chi connectivity index (χ1) is 11.0. The summed E-state index contributed by atoms with van der Waals surface area (Å²) in [6.07, 6.45) is 9.60. The molecule has 0 saturated carbocycles. The van der Waals surface area contributed by atoms with Crippen LogP contribution in [-0.2, 0) is 0 Å². The van der Waals surface area contributed by atoms with E-state index in [-0.39, 0.29) is 11.1 Å². The van der Waals surface area contributed by atoms with Crippen molar-refractivity contribution in [3.63, 3.8) is 0 Å². The van der Waals surface area contributed by atoms with Crippen LogP contribution in [0.5, 0.6) is 0 Å². The Morgan fingerprint density at radius 3 is 2.12 bits per heavy atom. The van der Waals surface area contributed by atoms with Crippen LogP contribution in [0.3, 0.4) is 0 Å². The largest absolute Gasteiger partial charge is 0.386 e. The molecule has 0 radical (unpaired) electrons. The van der Waals surface area contributed by atoms with E-state index in [0.29, 0.717) is 6.04 Å². The Balaban J connectivity index is 0.00000254. The number of nitrogens with one attached hydrogen (secondary N) is 1. The molecule has 0 unspecified atom stereocenters. The molecule has 0 aromatic heterocycles. The molecule has 1 aliphatic heterocycles. The van der Waals surface area contributed by atoms with Crippen molar-refractivity contribution in [1.82, 2.24) is 10.4 Å². The van der Waals surface area contributed by atoms with Gasteiger partial charge in [-0.1, -0.05) is 46.4 Å². The minimum Gasteiger partial charge on any atom is -0.386 e. The standard InChI is InChI=1S/C19H36N2O.C2H6/c1-15(2)11-9-8-10-12-16(3)20-17-13-18(4,5)21(22)19(6,7)14-17;1-2/h8,10,15,17,20,22H,3,9,11-14H2,1-2,4-7H3;1-2H3/b10-8+;. The molecule has 1 rings (SSSR count). The number of hydrogen-bond acceptors (Lipinski definition) is 3. The molecule has 24 heavy (non-hydrogen) atoms. The minimum atomic E-state index is -0.215. The Bertz CT molecular complexity index is 379. The van der Waals surface area contributed by atoms with Crippen LogP contribution in [0, 0.1) is 5.92 Å². The predicted molar refractivity (Wildman–Crippen MR) is 106 cm³/mol. The van der Waals surface area contributed by atoms with Crippen LogP contribution < -0.4 is 5.32 Å². The molecule has 0 aromatic rings. The molecular weight excluding hydrogens is 296 g/mol. The lowest BCUT2D eigenvalue weighted by Crippen LogP contribution is -2.62. The third-order valence-electron chi connectivity index (χ3n) is 4.49. The fraction of sp³-hybridized carbons (Fsp3) is 0.810. The van der Waals surface area contributed by atoms with Gasteiger partial charge in [0.2, 0.25) is 0 Å². The Hall–Kier alpha value is -0.800. The van der Waals surface area contributed by atoms with Gasteiger partial charge in [-0.3, -0.25) is 0 Å². The van der Waals surface area contributed by atoms with Crippen molar-refractivity contribution in [2.45, 2.75) is 105 Å². The summed E-state index contributed by atoms with van der Waals surface area (Å²) in [5.74, 6) is 0.763. The van der Waals surface area contributed by atoms with Crippen LogP contribution in [-0.4, -0.2) is 27.4 Å². The normalized spacial score (nSPS) is 20.8. The number of hydrogen-bond donors (Lipinski definition) is 2. The van der Waals surface area contributed by atoms with Crippen molar-refractivity contribution in [1.29, 1.82) is 0 Å². The summed E-state index contributed by atoms with van der Waals surface area (Å²) in [5.41, 5.74) is 0.642. The first kappa shape index (κ1) is 23.2. The Labute approximate surface area is 151 Å². The Morgan fingerprint density at radius 1 is 1.17 bits per heavy atom. The van der Waals surface area contributed by atoms with Crippen molar-refractivity contribution < 1.29 is 5.21 Å². The highest BCUT2D eigenvalue weighted by atomic mass is 16.5. The van der Waals surface area contributed by atoms with E-state index in [0.717, 1.165) is 37.3 Å². The van der Waals surface area contributed by atoms with E-state index < -0.39 is 0 Å². The number of nitrogens with zero attached hydrogens (tertiary/aromatic N) is 1. The second-order valence-electron chi connectivity index (χ2n) is 8.44. The molecule has 142 valence electrons. The lowest BCUT2D eigenvalue weighted by atomic mass is 9.79. The molecule has 1 aliphatic rings. The maximum Gasteiger partial charge on any atom is 0.0429 e. The van der Waals surface area contributed by atoms with Gasteiger partial charge in [0, 0.05) is 29.2 Å². The molecule has 0 amide bonds. The third kappa shape index (κ3) is 7.85. The molecule has 0 bridgehead atoms. The van der Waals surface area contributed by atoms with E-state index in [4.69, 9.17) is 0 Å². The van der Waals surface area contributed by atoms with Crippen LogP contribution >= 0.6 is 0 Å². The van der Waals surface area contributed by atoms with Crippen molar-refractivity contribution in [2.75, 3.05) is 0 Å². The van der Waals surface area contributed by atoms with E-state index in [2.05, 4.69) is 65.6 Å². The summed E-state index contributed by atoms with van der Waals surface area (Å²) in [4.78, 5) is 0.